The van der Waals surface area contributed by atoms with Gasteiger partial charge in [-0.15, -0.1) is 0 Å². The van der Waals surface area contributed by atoms with E-state index < -0.39 is 0 Å². The predicted octanol–water partition coefficient (Wildman–Crippen LogP) is 4.24. The molecule has 1 heterocycles. The van der Waals surface area contributed by atoms with Crippen molar-refractivity contribution in [2.45, 2.75) is 33.2 Å². The van der Waals surface area contributed by atoms with Gasteiger partial charge in [-0.25, -0.2) is 9.97 Å². The van der Waals surface area contributed by atoms with Gasteiger partial charge >= 0.3 is 0 Å². The molecule has 1 aromatic carbocycles. The molecule has 0 spiro atoms. The van der Waals surface area contributed by atoms with E-state index in [1.54, 1.807) is 0 Å². The first kappa shape index (κ1) is 15.8. The fourth-order valence-corrected chi connectivity index (χ4v) is 2.15. The molecule has 0 fully saturated rings. The molecule has 4 nitrogen and oxygen atoms in total. The van der Waals surface area contributed by atoms with Crippen LogP contribution in [0.15, 0.2) is 34.8 Å². The summed E-state index contributed by atoms with van der Waals surface area (Å²) in [6.45, 7) is 5.88. The highest BCUT2D eigenvalue weighted by Crippen LogP contribution is 2.15. The average molecular weight is 349 g/mol. The van der Waals surface area contributed by atoms with Gasteiger partial charge in [-0.3, -0.25) is 0 Å². The molecule has 2 aromatic rings. The van der Waals surface area contributed by atoms with Gasteiger partial charge in [0.2, 0.25) is 0 Å². The molecule has 0 unspecified atom stereocenters. The third-order valence-corrected chi connectivity index (χ3v) is 3.56. The molecular weight excluding hydrogens is 328 g/mol. The highest BCUT2D eigenvalue weighted by atomic mass is 79.9. The van der Waals surface area contributed by atoms with Crippen LogP contribution in [0.25, 0.3) is 0 Å². The molecule has 112 valence electrons. The summed E-state index contributed by atoms with van der Waals surface area (Å²) in [5, 5.41) is 6.68. The van der Waals surface area contributed by atoms with Crippen molar-refractivity contribution >= 4 is 27.6 Å². The van der Waals surface area contributed by atoms with E-state index in [-0.39, 0.29) is 0 Å². The number of aromatic nitrogens is 2. The van der Waals surface area contributed by atoms with E-state index in [9.17, 15) is 0 Å². The molecule has 0 bridgehead atoms. The quantitative estimate of drug-likeness (QED) is 0.785. The molecule has 21 heavy (non-hydrogen) atoms. The minimum Gasteiger partial charge on any atom is -0.370 e. The largest absolute Gasteiger partial charge is 0.370 e. The first-order valence-electron chi connectivity index (χ1n) is 7.31. The normalized spacial score (nSPS) is 10.4. The number of nitrogens with one attached hydrogen (secondary N) is 2. The van der Waals surface area contributed by atoms with Crippen molar-refractivity contribution in [1.29, 1.82) is 0 Å². The first-order valence-corrected chi connectivity index (χ1v) is 8.10. The summed E-state index contributed by atoms with van der Waals surface area (Å²) < 4.78 is 1.09. The lowest BCUT2D eigenvalue weighted by Crippen LogP contribution is -2.08. The number of hydrogen-bond donors (Lipinski definition) is 2. The molecule has 0 saturated heterocycles. The van der Waals surface area contributed by atoms with Crippen molar-refractivity contribution in [2.24, 2.45) is 0 Å². The van der Waals surface area contributed by atoms with E-state index in [4.69, 9.17) is 0 Å². The zero-order chi connectivity index (χ0) is 15.1. The Balaban J connectivity index is 2.05. The van der Waals surface area contributed by atoms with E-state index in [1.807, 2.05) is 18.2 Å². The Bertz CT molecular complexity index is 569. The Labute approximate surface area is 134 Å². The molecule has 0 aliphatic carbocycles. The second-order valence-electron chi connectivity index (χ2n) is 4.82. The van der Waals surface area contributed by atoms with E-state index in [2.05, 4.69) is 62.5 Å². The van der Waals surface area contributed by atoms with Crippen molar-refractivity contribution in [3.8, 4) is 0 Å². The predicted molar refractivity (Wildman–Crippen MR) is 91.7 cm³/mol. The maximum absolute atomic E-state index is 4.52. The lowest BCUT2D eigenvalue weighted by atomic mass is 10.2. The summed E-state index contributed by atoms with van der Waals surface area (Å²) in [5.74, 6) is 2.61. The standard InChI is InChI=1S/C16H21BrN4/c1-3-9-18-15-10-16(21-14(4-2)20-15)19-11-12-5-7-13(17)8-6-12/h5-8,10H,3-4,9,11H2,1-2H3,(H2,18,19,20,21). The van der Waals surface area contributed by atoms with Crippen LogP contribution < -0.4 is 10.6 Å². The van der Waals surface area contributed by atoms with E-state index in [0.29, 0.717) is 0 Å². The average Bonchev–Trinajstić information content (AvgIpc) is 2.52. The molecule has 0 radical (unpaired) electrons. The number of aryl methyl sites for hydroxylation is 1. The Morgan fingerprint density at radius 3 is 2.29 bits per heavy atom. The fraction of sp³-hybridized carbons (Fsp3) is 0.375. The minimum atomic E-state index is 0.751. The van der Waals surface area contributed by atoms with Crippen LogP contribution >= 0.6 is 15.9 Å². The van der Waals surface area contributed by atoms with Crippen molar-refractivity contribution in [3.63, 3.8) is 0 Å². The smallest absolute Gasteiger partial charge is 0.132 e. The summed E-state index contributed by atoms with van der Waals surface area (Å²) in [5.41, 5.74) is 1.22. The van der Waals surface area contributed by atoms with E-state index in [0.717, 1.165) is 47.9 Å². The van der Waals surface area contributed by atoms with Crippen molar-refractivity contribution in [3.05, 3.63) is 46.2 Å². The van der Waals surface area contributed by atoms with E-state index >= 15 is 0 Å². The Kier molecular flexibility index (Phi) is 5.99. The zero-order valence-electron chi connectivity index (χ0n) is 12.5. The number of halogens is 1. The SMILES string of the molecule is CCCNc1cc(NCc2ccc(Br)cc2)nc(CC)n1. The highest BCUT2D eigenvalue weighted by molar-refractivity contribution is 9.10. The molecule has 2 N–H and O–H groups in total. The van der Waals surface area contributed by atoms with Crippen LogP contribution in [0.1, 0.15) is 31.7 Å². The Morgan fingerprint density at radius 1 is 1.00 bits per heavy atom. The maximum Gasteiger partial charge on any atom is 0.132 e. The number of benzene rings is 1. The summed E-state index contributed by atoms with van der Waals surface area (Å²) >= 11 is 3.44. The second kappa shape index (κ2) is 7.98. The van der Waals surface area contributed by atoms with Crippen LogP contribution in [0, 0.1) is 0 Å². The van der Waals surface area contributed by atoms with Crippen LogP contribution in [0.5, 0.6) is 0 Å². The monoisotopic (exact) mass is 348 g/mol. The van der Waals surface area contributed by atoms with Crippen molar-refractivity contribution < 1.29 is 0 Å². The molecule has 1 aromatic heterocycles. The molecule has 0 aliphatic rings. The van der Waals surface area contributed by atoms with Crippen molar-refractivity contribution in [1.82, 2.24) is 9.97 Å². The van der Waals surface area contributed by atoms with Gasteiger partial charge in [-0.2, -0.15) is 0 Å². The van der Waals surface area contributed by atoms with Crippen LogP contribution in [0.2, 0.25) is 0 Å². The van der Waals surface area contributed by atoms with Gasteiger partial charge in [0, 0.05) is 30.0 Å². The molecule has 0 saturated carbocycles. The fourth-order valence-electron chi connectivity index (χ4n) is 1.88. The number of hydrogen-bond acceptors (Lipinski definition) is 4. The molecule has 2 rings (SSSR count). The Morgan fingerprint density at radius 2 is 1.67 bits per heavy atom. The molecule has 0 atom stereocenters. The van der Waals surface area contributed by atoms with Gasteiger partial charge in [0.15, 0.2) is 0 Å². The molecular formula is C16H21BrN4. The molecule has 5 heteroatoms. The van der Waals surface area contributed by atoms with Gasteiger partial charge < -0.3 is 10.6 Å². The third-order valence-electron chi connectivity index (χ3n) is 3.03. The first-order chi connectivity index (χ1) is 10.2. The number of nitrogens with zero attached hydrogens (tertiary/aromatic N) is 2. The van der Waals surface area contributed by atoms with Crippen molar-refractivity contribution in [2.75, 3.05) is 17.2 Å². The van der Waals surface area contributed by atoms with Gasteiger partial charge in [0.05, 0.1) is 0 Å². The number of rotatable bonds is 7. The van der Waals surface area contributed by atoms with Gasteiger partial charge in [-0.1, -0.05) is 41.9 Å². The van der Waals surface area contributed by atoms with Gasteiger partial charge in [0.25, 0.3) is 0 Å². The van der Waals surface area contributed by atoms with E-state index in [1.165, 1.54) is 5.56 Å². The highest BCUT2D eigenvalue weighted by Gasteiger charge is 2.03. The summed E-state index contributed by atoms with van der Waals surface area (Å²) in [4.78, 5) is 9.01. The van der Waals surface area contributed by atoms with Crippen LogP contribution in [0.3, 0.4) is 0 Å². The molecule has 0 aliphatic heterocycles. The summed E-state index contributed by atoms with van der Waals surface area (Å²) in [6.07, 6.45) is 1.90. The lowest BCUT2D eigenvalue weighted by molar-refractivity contribution is 0.913. The lowest BCUT2D eigenvalue weighted by Gasteiger charge is -2.10. The van der Waals surface area contributed by atoms with Crippen LogP contribution in [-0.4, -0.2) is 16.5 Å². The van der Waals surface area contributed by atoms with Crippen LogP contribution in [0.4, 0.5) is 11.6 Å². The third kappa shape index (κ3) is 5.01. The summed E-state index contributed by atoms with van der Waals surface area (Å²) in [6, 6.07) is 10.2. The van der Waals surface area contributed by atoms with Gasteiger partial charge in [-0.05, 0) is 24.1 Å². The van der Waals surface area contributed by atoms with Gasteiger partial charge in [0.1, 0.15) is 17.5 Å². The number of anilines is 2. The summed E-state index contributed by atoms with van der Waals surface area (Å²) in [7, 11) is 0. The minimum absolute atomic E-state index is 0.751. The molecule has 0 amide bonds. The zero-order valence-corrected chi connectivity index (χ0v) is 14.1. The topological polar surface area (TPSA) is 49.8 Å². The second-order valence-corrected chi connectivity index (χ2v) is 5.73. The maximum atomic E-state index is 4.52. The van der Waals surface area contributed by atoms with Crippen LogP contribution in [-0.2, 0) is 13.0 Å². The Hall–Kier alpha value is -1.62.